The maximum absolute atomic E-state index is 10.6. The minimum absolute atomic E-state index is 0.114. The summed E-state index contributed by atoms with van der Waals surface area (Å²) >= 11 is 16.6. The highest BCUT2D eigenvalue weighted by atomic mass is 35.5. The van der Waals surface area contributed by atoms with Crippen LogP contribution >= 0.6 is 34.8 Å². The van der Waals surface area contributed by atoms with Gasteiger partial charge in [0.15, 0.2) is 0 Å². The van der Waals surface area contributed by atoms with Crippen LogP contribution in [0.2, 0.25) is 0 Å². The molecule has 0 aromatic carbocycles. The Morgan fingerprint density at radius 2 is 2.13 bits per heavy atom. The molecule has 15 heavy (non-hydrogen) atoms. The predicted octanol–water partition coefficient (Wildman–Crippen LogP) is 3.24. The van der Waals surface area contributed by atoms with E-state index in [0.29, 0.717) is 6.54 Å². The van der Waals surface area contributed by atoms with Crippen molar-refractivity contribution in [3.8, 4) is 0 Å². The van der Waals surface area contributed by atoms with Crippen molar-refractivity contribution >= 4 is 47.0 Å². The first-order chi connectivity index (χ1) is 7.00. The van der Waals surface area contributed by atoms with Crippen LogP contribution in [0, 0.1) is 0 Å². The van der Waals surface area contributed by atoms with Gasteiger partial charge in [0.25, 0.3) is 0 Å². The number of nitrogens with zero attached hydrogens (tertiary/aromatic N) is 1. The van der Waals surface area contributed by atoms with Crippen molar-refractivity contribution in [1.29, 1.82) is 0 Å². The predicted molar refractivity (Wildman–Crippen MR) is 64.3 cm³/mol. The van der Waals surface area contributed by atoms with E-state index >= 15 is 0 Å². The van der Waals surface area contributed by atoms with E-state index in [1.54, 1.807) is 0 Å². The molecular formula is C9H12Cl3NO2. The van der Waals surface area contributed by atoms with Crippen molar-refractivity contribution < 1.29 is 9.90 Å². The third kappa shape index (κ3) is 6.03. The molecule has 6 heteroatoms. The number of aliphatic imine (C=N–C) groups is 1. The number of carbonyl (C=O) groups is 1. The van der Waals surface area contributed by atoms with Gasteiger partial charge >= 0.3 is 5.97 Å². The lowest BCUT2D eigenvalue weighted by atomic mass is 10.3. The number of carboxylic acid groups (broad SMARTS) is 1. The van der Waals surface area contributed by atoms with Gasteiger partial charge in [-0.05, 0) is 6.42 Å². The molecule has 3 nitrogen and oxygen atoms in total. The molecule has 0 saturated carbocycles. The fraction of sp³-hybridized carbons (Fsp3) is 0.556. The Morgan fingerprint density at radius 3 is 2.53 bits per heavy atom. The monoisotopic (exact) mass is 271 g/mol. The van der Waals surface area contributed by atoms with E-state index in [2.05, 4.69) is 4.99 Å². The second kappa shape index (κ2) is 7.97. The molecule has 0 spiro atoms. The number of aliphatic carboxylic acids is 1. The summed E-state index contributed by atoms with van der Waals surface area (Å²) in [6, 6.07) is 0. The van der Waals surface area contributed by atoms with Gasteiger partial charge in [-0.2, -0.15) is 0 Å². The van der Waals surface area contributed by atoms with E-state index in [4.69, 9.17) is 39.9 Å². The molecule has 0 aliphatic rings. The van der Waals surface area contributed by atoms with Gasteiger partial charge in [-0.3, -0.25) is 4.99 Å². The molecule has 0 fully saturated rings. The normalized spacial score (nSPS) is 13.4. The van der Waals surface area contributed by atoms with Crippen molar-refractivity contribution in [2.24, 2.45) is 4.99 Å². The Balaban J connectivity index is 4.62. The molecule has 0 aromatic rings. The zero-order valence-electron chi connectivity index (χ0n) is 8.21. The van der Waals surface area contributed by atoms with E-state index < -0.39 is 15.8 Å². The third-order valence-electron chi connectivity index (χ3n) is 1.55. The average molecular weight is 273 g/mol. The van der Waals surface area contributed by atoms with Crippen LogP contribution in [-0.2, 0) is 4.79 Å². The van der Waals surface area contributed by atoms with Crippen molar-refractivity contribution in [3.63, 3.8) is 0 Å². The first kappa shape index (κ1) is 14.8. The number of hydrogen-bond donors (Lipinski definition) is 1. The zero-order valence-corrected chi connectivity index (χ0v) is 10.5. The maximum atomic E-state index is 10.6. The second-order valence-electron chi connectivity index (χ2n) is 2.76. The van der Waals surface area contributed by atoms with Crippen LogP contribution in [-0.4, -0.2) is 28.7 Å². The minimum atomic E-state index is -1.26. The molecule has 0 atom stereocenters. The van der Waals surface area contributed by atoms with Crippen molar-refractivity contribution in [3.05, 3.63) is 10.6 Å². The molecule has 0 aromatic heterocycles. The van der Waals surface area contributed by atoms with Crippen molar-refractivity contribution in [2.45, 2.75) is 24.6 Å². The van der Waals surface area contributed by atoms with Gasteiger partial charge in [0.05, 0.1) is 0 Å². The summed E-state index contributed by atoms with van der Waals surface area (Å²) in [5, 5.41) is 8.24. The topological polar surface area (TPSA) is 49.7 Å². The van der Waals surface area contributed by atoms with E-state index in [-0.39, 0.29) is 5.57 Å². The van der Waals surface area contributed by atoms with Gasteiger partial charge in [-0.15, -0.1) is 0 Å². The molecule has 1 N–H and O–H groups in total. The van der Waals surface area contributed by atoms with Gasteiger partial charge < -0.3 is 5.11 Å². The molecule has 0 unspecified atom stereocenters. The highest BCUT2D eigenvalue weighted by Crippen LogP contribution is 2.19. The molecule has 0 aliphatic carbocycles. The van der Waals surface area contributed by atoms with Gasteiger partial charge in [0, 0.05) is 18.3 Å². The number of carboxylic acids is 1. The summed E-state index contributed by atoms with van der Waals surface area (Å²) in [6.07, 6.45) is 3.24. The van der Waals surface area contributed by atoms with Gasteiger partial charge in [-0.1, -0.05) is 48.1 Å². The Bertz CT molecular complexity index is 275. The number of alkyl halides is 2. The Kier molecular flexibility index (Phi) is 7.83. The number of halogens is 3. The summed E-state index contributed by atoms with van der Waals surface area (Å²) in [5.41, 5.74) is 0.114. The quantitative estimate of drug-likeness (QED) is 0.349. The fourth-order valence-electron chi connectivity index (χ4n) is 0.745. The maximum Gasteiger partial charge on any atom is 0.347 e. The molecule has 0 radical (unpaired) electrons. The van der Waals surface area contributed by atoms with Crippen LogP contribution < -0.4 is 0 Å². The fourth-order valence-corrected chi connectivity index (χ4v) is 1.35. The number of rotatable bonds is 6. The minimum Gasteiger partial charge on any atom is -0.477 e. The highest BCUT2D eigenvalue weighted by Gasteiger charge is 2.15. The largest absolute Gasteiger partial charge is 0.477 e. The smallest absolute Gasteiger partial charge is 0.347 e. The highest BCUT2D eigenvalue weighted by molar-refractivity contribution is 6.51. The van der Waals surface area contributed by atoms with Crippen molar-refractivity contribution in [2.75, 3.05) is 6.54 Å². The Morgan fingerprint density at radius 1 is 1.53 bits per heavy atom. The summed E-state index contributed by atoms with van der Waals surface area (Å²) in [7, 11) is 0. The van der Waals surface area contributed by atoms with Gasteiger partial charge in [0.2, 0.25) is 0 Å². The van der Waals surface area contributed by atoms with Gasteiger partial charge in [0.1, 0.15) is 9.87 Å². The Hall–Kier alpha value is -0.250. The first-order valence-electron chi connectivity index (χ1n) is 4.41. The molecule has 0 saturated heterocycles. The van der Waals surface area contributed by atoms with Crippen LogP contribution in [0.5, 0.6) is 0 Å². The third-order valence-corrected chi connectivity index (χ3v) is 2.40. The molecule has 0 rings (SSSR count). The summed E-state index contributed by atoms with van der Waals surface area (Å²) in [5.74, 6) is -1.26. The lowest BCUT2D eigenvalue weighted by Crippen LogP contribution is -2.06. The molecular weight excluding hydrogens is 260 g/mol. The van der Waals surface area contributed by atoms with E-state index in [1.165, 1.54) is 6.21 Å². The number of allylic oxidation sites excluding steroid dienone is 1. The van der Waals surface area contributed by atoms with E-state index in [9.17, 15) is 4.79 Å². The summed E-state index contributed by atoms with van der Waals surface area (Å²) in [4.78, 5) is 13.6. The van der Waals surface area contributed by atoms with Crippen LogP contribution in [0.4, 0.5) is 0 Å². The van der Waals surface area contributed by atoms with Crippen LogP contribution in [0.15, 0.2) is 15.6 Å². The standard InChI is InChI=1S/C9H12Cl3NO2/c1-2-3-4-13-5-6(8(11)12)7(10)9(14)15/h5,8H,2-4H2,1H3,(H,14,15). The average Bonchev–Trinajstić information content (AvgIpc) is 2.16. The zero-order chi connectivity index (χ0) is 11.8. The van der Waals surface area contributed by atoms with Crippen LogP contribution in [0.25, 0.3) is 0 Å². The number of unbranched alkanes of at least 4 members (excludes halogenated alkanes) is 1. The van der Waals surface area contributed by atoms with Crippen LogP contribution in [0.3, 0.4) is 0 Å². The van der Waals surface area contributed by atoms with E-state index in [1.807, 2.05) is 6.92 Å². The molecule has 86 valence electrons. The van der Waals surface area contributed by atoms with Crippen LogP contribution in [0.1, 0.15) is 19.8 Å². The van der Waals surface area contributed by atoms with E-state index in [0.717, 1.165) is 12.8 Å². The Labute approximate surface area is 104 Å². The second-order valence-corrected chi connectivity index (χ2v) is 4.24. The molecule has 0 heterocycles. The number of hydrogen-bond acceptors (Lipinski definition) is 2. The lowest BCUT2D eigenvalue weighted by molar-refractivity contribution is -0.131. The molecule has 0 aliphatic heterocycles. The summed E-state index contributed by atoms with van der Waals surface area (Å²) in [6.45, 7) is 2.63. The molecule has 0 bridgehead atoms. The first-order valence-corrected chi connectivity index (χ1v) is 5.66. The SMILES string of the molecule is CCCCN=CC(=C(Cl)C(=O)O)C(Cl)Cl. The van der Waals surface area contributed by atoms with Crippen molar-refractivity contribution in [1.82, 2.24) is 0 Å². The van der Waals surface area contributed by atoms with Gasteiger partial charge in [-0.25, -0.2) is 4.79 Å². The summed E-state index contributed by atoms with van der Waals surface area (Å²) < 4.78 is 0. The lowest BCUT2D eigenvalue weighted by Gasteiger charge is -2.03. The molecule has 0 amide bonds.